The van der Waals surface area contributed by atoms with Crippen LogP contribution in [0.15, 0.2) is 0 Å². The van der Waals surface area contributed by atoms with Crippen molar-refractivity contribution < 1.29 is 9.59 Å². The minimum Gasteiger partial charge on any atom is -0.338 e. The van der Waals surface area contributed by atoms with Gasteiger partial charge in [-0.05, 0) is 26.3 Å². The van der Waals surface area contributed by atoms with Gasteiger partial charge in [-0.3, -0.25) is 9.59 Å². The molecule has 0 aliphatic carbocycles. The number of amides is 2. The third-order valence-corrected chi connectivity index (χ3v) is 3.70. The molecule has 2 saturated heterocycles. The zero-order valence-electron chi connectivity index (χ0n) is 10.6. The van der Waals surface area contributed by atoms with Crippen molar-refractivity contribution in [1.29, 1.82) is 0 Å². The number of piperazine rings is 1. The van der Waals surface area contributed by atoms with Crippen molar-refractivity contribution in [2.24, 2.45) is 0 Å². The summed E-state index contributed by atoms with van der Waals surface area (Å²) >= 11 is 0. The monoisotopic (exact) mass is 239 g/mol. The van der Waals surface area contributed by atoms with Crippen LogP contribution < -0.4 is 5.32 Å². The Kier molecular flexibility index (Phi) is 3.66. The van der Waals surface area contributed by atoms with E-state index in [0.717, 1.165) is 19.4 Å². The van der Waals surface area contributed by atoms with E-state index in [0.29, 0.717) is 19.6 Å². The molecular formula is C12H21N3O2. The summed E-state index contributed by atoms with van der Waals surface area (Å²) in [4.78, 5) is 27.3. The predicted octanol–water partition coefficient (Wildman–Crippen LogP) is -0.182. The zero-order chi connectivity index (χ0) is 12.4. The van der Waals surface area contributed by atoms with E-state index in [-0.39, 0.29) is 23.9 Å². The van der Waals surface area contributed by atoms with Gasteiger partial charge in [0.15, 0.2) is 0 Å². The molecule has 2 aliphatic heterocycles. The lowest BCUT2D eigenvalue weighted by Gasteiger charge is -2.40. The number of carbonyl (C=O) groups is 2. The second-order valence-corrected chi connectivity index (χ2v) is 4.99. The second kappa shape index (κ2) is 5.04. The Bertz CT molecular complexity index is 313. The summed E-state index contributed by atoms with van der Waals surface area (Å²) in [6, 6.07) is 0.137. The van der Waals surface area contributed by atoms with Gasteiger partial charge in [0.1, 0.15) is 0 Å². The van der Waals surface area contributed by atoms with Crippen molar-refractivity contribution >= 4 is 11.8 Å². The average molecular weight is 239 g/mol. The van der Waals surface area contributed by atoms with Crippen LogP contribution in [0.25, 0.3) is 0 Å². The maximum absolute atomic E-state index is 12.2. The molecule has 0 unspecified atom stereocenters. The molecule has 0 aromatic carbocycles. The highest BCUT2D eigenvalue weighted by molar-refractivity contribution is 5.82. The molecular weight excluding hydrogens is 218 g/mol. The number of hydrogen-bond acceptors (Lipinski definition) is 3. The largest absolute Gasteiger partial charge is 0.338 e. The topological polar surface area (TPSA) is 52.7 Å². The molecule has 0 spiro atoms. The summed E-state index contributed by atoms with van der Waals surface area (Å²) in [5, 5.41) is 3.23. The minimum atomic E-state index is 0.00563. The van der Waals surface area contributed by atoms with Gasteiger partial charge in [0, 0.05) is 32.6 Å². The van der Waals surface area contributed by atoms with E-state index in [1.807, 2.05) is 16.7 Å². The summed E-state index contributed by atoms with van der Waals surface area (Å²) in [6.07, 6.45) is 2.03. The second-order valence-electron chi connectivity index (χ2n) is 4.99. The molecule has 0 bridgehead atoms. The molecule has 5 heteroatoms. The highest BCUT2D eigenvalue weighted by Gasteiger charge is 2.32. The molecule has 2 aliphatic rings. The SMILES string of the molecule is CC(=O)N1CCN(C(=O)[C@@H]2CCCN2)C[C@H]1C. The van der Waals surface area contributed by atoms with Crippen LogP contribution in [0.2, 0.25) is 0 Å². The zero-order valence-corrected chi connectivity index (χ0v) is 10.6. The quantitative estimate of drug-likeness (QED) is 0.690. The van der Waals surface area contributed by atoms with E-state index in [2.05, 4.69) is 5.32 Å². The van der Waals surface area contributed by atoms with E-state index in [1.165, 1.54) is 0 Å². The van der Waals surface area contributed by atoms with Gasteiger partial charge in [0.25, 0.3) is 0 Å². The molecule has 96 valence electrons. The van der Waals surface area contributed by atoms with Crippen molar-refractivity contribution in [3.05, 3.63) is 0 Å². The van der Waals surface area contributed by atoms with E-state index in [9.17, 15) is 9.59 Å². The molecule has 5 nitrogen and oxygen atoms in total. The lowest BCUT2D eigenvalue weighted by atomic mass is 10.1. The third kappa shape index (κ3) is 2.60. The number of rotatable bonds is 1. The first-order chi connectivity index (χ1) is 8.09. The first-order valence-corrected chi connectivity index (χ1v) is 6.39. The van der Waals surface area contributed by atoms with Gasteiger partial charge in [0.05, 0.1) is 6.04 Å². The Labute approximate surface area is 102 Å². The summed E-state index contributed by atoms with van der Waals surface area (Å²) in [6.45, 7) is 6.53. The summed E-state index contributed by atoms with van der Waals surface area (Å²) in [7, 11) is 0. The maximum Gasteiger partial charge on any atom is 0.239 e. The maximum atomic E-state index is 12.2. The predicted molar refractivity (Wildman–Crippen MR) is 64.5 cm³/mol. The van der Waals surface area contributed by atoms with Gasteiger partial charge in [-0.1, -0.05) is 0 Å². The third-order valence-electron chi connectivity index (χ3n) is 3.70. The van der Waals surface area contributed by atoms with E-state index in [1.54, 1.807) is 6.92 Å². The van der Waals surface area contributed by atoms with Crippen LogP contribution in [0, 0.1) is 0 Å². The van der Waals surface area contributed by atoms with Gasteiger partial charge in [-0.15, -0.1) is 0 Å². The Morgan fingerprint density at radius 1 is 1.29 bits per heavy atom. The Hall–Kier alpha value is -1.10. The number of nitrogens with zero attached hydrogens (tertiary/aromatic N) is 2. The molecule has 0 aromatic rings. The highest BCUT2D eigenvalue weighted by Crippen LogP contribution is 2.14. The molecule has 0 aromatic heterocycles. The van der Waals surface area contributed by atoms with Crippen molar-refractivity contribution in [2.75, 3.05) is 26.2 Å². The lowest BCUT2D eigenvalue weighted by molar-refractivity contribution is -0.142. The van der Waals surface area contributed by atoms with Crippen LogP contribution in [0.3, 0.4) is 0 Å². The summed E-state index contributed by atoms with van der Waals surface area (Å²) in [5.41, 5.74) is 0. The van der Waals surface area contributed by atoms with Crippen molar-refractivity contribution in [3.63, 3.8) is 0 Å². The van der Waals surface area contributed by atoms with E-state index >= 15 is 0 Å². The lowest BCUT2D eigenvalue weighted by Crippen LogP contribution is -2.57. The first kappa shape index (κ1) is 12.4. The van der Waals surface area contributed by atoms with Gasteiger partial charge in [0.2, 0.25) is 11.8 Å². The molecule has 17 heavy (non-hydrogen) atoms. The average Bonchev–Trinajstić information content (AvgIpc) is 2.80. The van der Waals surface area contributed by atoms with Crippen molar-refractivity contribution in [2.45, 2.75) is 38.8 Å². The van der Waals surface area contributed by atoms with E-state index in [4.69, 9.17) is 0 Å². The fourth-order valence-corrected chi connectivity index (χ4v) is 2.74. The normalized spacial score (nSPS) is 29.5. The molecule has 2 amide bonds. The van der Waals surface area contributed by atoms with Crippen LogP contribution in [0.5, 0.6) is 0 Å². The number of carbonyl (C=O) groups excluding carboxylic acids is 2. The Morgan fingerprint density at radius 3 is 2.59 bits per heavy atom. The first-order valence-electron chi connectivity index (χ1n) is 6.39. The van der Waals surface area contributed by atoms with Crippen LogP contribution in [-0.2, 0) is 9.59 Å². The fraction of sp³-hybridized carbons (Fsp3) is 0.833. The summed E-state index contributed by atoms with van der Waals surface area (Å²) < 4.78 is 0. The summed E-state index contributed by atoms with van der Waals surface area (Å²) in [5.74, 6) is 0.307. The van der Waals surface area contributed by atoms with Crippen LogP contribution in [0.1, 0.15) is 26.7 Å². The standard InChI is InChI=1S/C12H21N3O2/c1-9-8-14(6-7-15(9)10(2)16)12(17)11-4-3-5-13-11/h9,11,13H,3-8H2,1-2H3/t9-,11+/m1/s1. The molecule has 2 rings (SSSR count). The van der Waals surface area contributed by atoms with Crippen LogP contribution >= 0.6 is 0 Å². The van der Waals surface area contributed by atoms with Gasteiger partial charge in [-0.25, -0.2) is 0 Å². The van der Waals surface area contributed by atoms with Crippen LogP contribution in [-0.4, -0.2) is 59.9 Å². The molecule has 2 atom stereocenters. The highest BCUT2D eigenvalue weighted by atomic mass is 16.2. The van der Waals surface area contributed by atoms with Crippen molar-refractivity contribution in [3.8, 4) is 0 Å². The minimum absolute atomic E-state index is 0.00563. The fourth-order valence-electron chi connectivity index (χ4n) is 2.74. The smallest absolute Gasteiger partial charge is 0.239 e. The van der Waals surface area contributed by atoms with Gasteiger partial charge < -0.3 is 15.1 Å². The number of hydrogen-bond donors (Lipinski definition) is 1. The Balaban J connectivity index is 1.92. The van der Waals surface area contributed by atoms with Gasteiger partial charge in [-0.2, -0.15) is 0 Å². The van der Waals surface area contributed by atoms with Crippen LogP contribution in [0.4, 0.5) is 0 Å². The molecule has 0 saturated carbocycles. The molecule has 2 heterocycles. The van der Waals surface area contributed by atoms with E-state index < -0.39 is 0 Å². The molecule has 0 radical (unpaired) electrons. The Morgan fingerprint density at radius 2 is 2.06 bits per heavy atom. The number of nitrogens with one attached hydrogen (secondary N) is 1. The van der Waals surface area contributed by atoms with Crippen molar-refractivity contribution in [1.82, 2.24) is 15.1 Å². The molecule has 2 fully saturated rings. The molecule has 1 N–H and O–H groups in total. The van der Waals surface area contributed by atoms with Gasteiger partial charge >= 0.3 is 0 Å².